The van der Waals surface area contributed by atoms with Crippen LogP contribution in [0.25, 0.3) is 0 Å². The van der Waals surface area contributed by atoms with Crippen molar-refractivity contribution in [3.05, 3.63) is 35.4 Å². The van der Waals surface area contributed by atoms with Crippen LogP contribution < -0.4 is 5.73 Å². The van der Waals surface area contributed by atoms with Gasteiger partial charge < -0.3 is 15.7 Å². The lowest BCUT2D eigenvalue weighted by molar-refractivity contribution is 0.189. The molecular formula is C15H24F2N2O. The third-order valence-electron chi connectivity index (χ3n) is 3.31. The van der Waals surface area contributed by atoms with E-state index >= 15 is 0 Å². The minimum absolute atomic E-state index is 0.105. The molecule has 114 valence electrons. The van der Waals surface area contributed by atoms with E-state index in [2.05, 4.69) is 11.8 Å². The first-order valence-corrected chi connectivity index (χ1v) is 7.11. The molecule has 3 N–H and O–H groups in total. The van der Waals surface area contributed by atoms with E-state index < -0.39 is 17.7 Å². The number of nitrogens with two attached hydrogens (primary N) is 1. The Hall–Kier alpha value is -1.04. The molecule has 1 rings (SSSR count). The third-order valence-corrected chi connectivity index (χ3v) is 3.31. The van der Waals surface area contributed by atoms with Gasteiger partial charge >= 0.3 is 0 Å². The molecule has 0 bridgehead atoms. The first-order chi connectivity index (χ1) is 9.56. The molecular weight excluding hydrogens is 262 g/mol. The number of unbranched alkanes of at least 4 members (excludes halogenated alkanes) is 1. The van der Waals surface area contributed by atoms with Gasteiger partial charge in [-0.15, -0.1) is 0 Å². The number of benzene rings is 1. The molecule has 1 aromatic rings. The summed E-state index contributed by atoms with van der Waals surface area (Å²) in [5.74, 6) is -1.21. The summed E-state index contributed by atoms with van der Waals surface area (Å²) < 4.78 is 26.3. The highest BCUT2D eigenvalue weighted by Crippen LogP contribution is 2.17. The summed E-state index contributed by atoms with van der Waals surface area (Å²) in [6, 6.07) is 2.99. The van der Waals surface area contributed by atoms with Gasteiger partial charge in [-0.25, -0.2) is 8.78 Å². The monoisotopic (exact) mass is 286 g/mol. The predicted molar refractivity (Wildman–Crippen MR) is 76.3 cm³/mol. The Morgan fingerprint density at radius 2 is 1.80 bits per heavy atom. The SMILES string of the molecule is CCCCN(CCO)CCC(N)c1cc(F)cc(F)c1. The standard InChI is InChI=1S/C15H24F2N2O/c1-2-3-5-19(7-8-20)6-4-15(18)12-9-13(16)11-14(17)10-12/h9-11,15,20H,2-8,18H2,1H3. The van der Waals surface area contributed by atoms with E-state index in [-0.39, 0.29) is 6.61 Å². The van der Waals surface area contributed by atoms with E-state index in [0.29, 0.717) is 25.1 Å². The van der Waals surface area contributed by atoms with Crippen LogP contribution in [-0.4, -0.2) is 36.2 Å². The van der Waals surface area contributed by atoms with Crippen LogP contribution in [0.1, 0.15) is 37.8 Å². The van der Waals surface area contributed by atoms with Crippen molar-refractivity contribution in [3.8, 4) is 0 Å². The summed E-state index contributed by atoms with van der Waals surface area (Å²) in [5.41, 5.74) is 6.46. The van der Waals surface area contributed by atoms with E-state index in [9.17, 15) is 8.78 Å². The molecule has 1 aromatic carbocycles. The Balaban J connectivity index is 2.53. The third kappa shape index (κ3) is 5.94. The highest BCUT2D eigenvalue weighted by atomic mass is 19.1. The molecule has 0 saturated heterocycles. The second-order valence-corrected chi connectivity index (χ2v) is 5.02. The molecule has 5 heteroatoms. The summed E-state index contributed by atoms with van der Waals surface area (Å²) in [7, 11) is 0. The zero-order chi connectivity index (χ0) is 15.0. The quantitative estimate of drug-likeness (QED) is 0.733. The normalized spacial score (nSPS) is 12.9. The molecule has 0 aliphatic carbocycles. The van der Waals surface area contributed by atoms with Crippen molar-refractivity contribution < 1.29 is 13.9 Å². The van der Waals surface area contributed by atoms with Gasteiger partial charge in [-0.1, -0.05) is 13.3 Å². The average Bonchev–Trinajstić information content (AvgIpc) is 2.40. The molecule has 0 spiro atoms. The molecule has 0 aliphatic heterocycles. The number of halogens is 2. The van der Waals surface area contributed by atoms with Gasteiger partial charge in [-0.05, 0) is 37.1 Å². The van der Waals surface area contributed by atoms with Gasteiger partial charge in [0, 0.05) is 25.2 Å². The number of aliphatic hydroxyl groups excluding tert-OH is 1. The highest BCUT2D eigenvalue weighted by Gasteiger charge is 2.11. The first-order valence-electron chi connectivity index (χ1n) is 7.11. The van der Waals surface area contributed by atoms with Crippen molar-refractivity contribution in [2.45, 2.75) is 32.2 Å². The summed E-state index contributed by atoms with van der Waals surface area (Å²) in [6.45, 7) is 4.43. The number of hydrogen-bond donors (Lipinski definition) is 2. The van der Waals surface area contributed by atoms with Crippen molar-refractivity contribution in [1.29, 1.82) is 0 Å². The fourth-order valence-corrected chi connectivity index (χ4v) is 2.14. The largest absolute Gasteiger partial charge is 0.395 e. The molecule has 0 radical (unpaired) electrons. The maximum absolute atomic E-state index is 13.1. The number of nitrogens with zero attached hydrogens (tertiary/aromatic N) is 1. The Kier molecular flexibility index (Phi) is 7.65. The van der Waals surface area contributed by atoms with Crippen LogP contribution in [-0.2, 0) is 0 Å². The van der Waals surface area contributed by atoms with E-state index in [1.807, 2.05) is 0 Å². The summed E-state index contributed by atoms with van der Waals surface area (Å²) in [6.07, 6.45) is 2.75. The smallest absolute Gasteiger partial charge is 0.126 e. The van der Waals surface area contributed by atoms with Crippen LogP contribution in [0.3, 0.4) is 0 Å². The van der Waals surface area contributed by atoms with Gasteiger partial charge in [0.2, 0.25) is 0 Å². The number of rotatable bonds is 9. The first kappa shape index (κ1) is 17.0. The van der Waals surface area contributed by atoms with Crippen LogP contribution >= 0.6 is 0 Å². The Labute approximate surface area is 119 Å². The molecule has 1 unspecified atom stereocenters. The molecule has 1 atom stereocenters. The fourth-order valence-electron chi connectivity index (χ4n) is 2.14. The summed E-state index contributed by atoms with van der Waals surface area (Å²) in [5, 5.41) is 9.02. The van der Waals surface area contributed by atoms with Gasteiger partial charge in [0.25, 0.3) is 0 Å². The molecule has 0 aliphatic rings. The lowest BCUT2D eigenvalue weighted by Crippen LogP contribution is -2.31. The van der Waals surface area contributed by atoms with E-state index in [1.54, 1.807) is 0 Å². The summed E-state index contributed by atoms with van der Waals surface area (Å²) >= 11 is 0. The molecule has 0 heterocycles. The van der Waals surface area contributed by atoms with Crippen molar-refractivity contribution in [2.75, 3.05) is 26.2 Å². The van der Waals surface area contributed by atoms with Crippen molar-refractivity contribution in [1.82, 2.24) is 4.90 Å². The van der Waals surface area contributed by atoms with Crippen LogP contribution in [0.2, 0.25) is 0 Å². The van der Waals surface area contributed by atoms with Gasteiger partial charge in [0.1, 0.15) is 11.6 Å². The van der Waals surface area contributed by atoms with Crippen LogP contribution in [0.5, 0.6) is 0 Å². The number of aliphatic hydroxyl groups is 1. The second-order valence-electron chi connectivity index (χ2n) is 5.02. The molecule has 3 nitrogen and oxygen atoms in total. The van der Waals surface area contributed by atoms with E-state index in [0.717, 1.165) is 25.5 Å². The molecule has 0 fully saturated rings. The topological polar surface area (TPSA) is 49.5 Å². The fraction of sp³-hybridized carbons (Fsp3) is 0.600. The number of hydrogen-bond acceptors (Lipinski definition) is 3. The molecule has 0 saturated carbocycles. The zero-order valence-electron chi connectivity index (χ0n) is 12.0. The Bertz CT molecular complexity index is 381. The molecule has 0 amide bonds. The predicted octanol–water partition coefficient (Wildman–Crippen LogP) is 2.45. The van der Waals surface area contributed by atoms with Gasteiger partial charge in [0.15, 0.2) is 0 Å². The lowest BCUT2D eigenvalue weighted by Gasteiger charge is -2.23. The average molecular weight is 286 g/mol. The lowest BCUT2D eigenvalue weighted by atomic mass is 10.0. The highest BCUT2D eigenvalue weighted by molar-refractivity contribution is 5.21. The van der Waals surface area contributed by atoms with Crippen molar-refractivity contribution in [2.24, 2.45) is 5.73 Å². The minimum Gasteiger partial charge on any atom is -0.395 e. The van der Waals surface area contributed by atoms with E-state index in [4.69, 9.17) is 10.8 Å². The van der Waals surface area contributed by atoms with E-state index in [1.165, 1.54) is 12.1 Å². The second kappa shape index (κ2) is 9.00. The molecule has 20 heavy (non-hydrogen) atoms. The Morgan fingerprint density at radius 1 is 1.15 bits per heavy atom. The van der Waals surface area contributed by atoms with Crippen LogP contribution in [0.15, 0.2) is 18.2 Å². The maximum atomic E-state index is 13.1. The Morgan fingerprint density at radius 3 is 2.35 bits per heavy atom. The summed E-state index contributed by atoms with van der Waals surface area (Å²) in [4.78, 5) is 2.12. The van der Waals surface area contributed by atoms with Crippen molar-refractivity contribution >= 4 is 0 Å². The van der Waals surface area contributed by atoms with Gasteiger partial charge in [-0.2, -0.15) is 0 Å². The minimum atomic E-state index is -0.603. The maximum Gasteiger partial charge on any atom is 0.126 e. The zero-order valence-corrected chi connectivity index (χ0v) is 12.0. The van der Waals surface area contributed by atoms with Crippen LogP contribution in [0.4, 0.5) is 8.78 Å². The van der Waals surface area contributed by atoms with Gasteiger partial charge in [0.05, 0.1) is 6.61 Å². The van der Waals surface area contributed by atoms with Gasteiger partial charge in [-0.3, -0.25) is 0 Å². The van der Waals surface area contributed by atoms with Crippen LogP contribution in [0, 0.1) is 11.6 Å². The van der Waals surface area contributed by atoms with Crippen molar-refractivity contribution in [3.63, 3.8) is 0 Å². The molecule has 0 aromatic heterocycles.